The summed E-state index contributed by atoms with van der Waals surface area (Å²) in [6, 6.07) is 2.57. The summed E-state index contributed by atoms with van der Waals surface area (Å²) in [6.45, 7) is 0. The van der Waals surface area contributed by atoms with Gasteiger partial charge in [-0.05, 0) is 41.4 Å². The van der Waals surface area contributed by atoms with E-state index in [9.17, 15) is 0 Å². The number of hydrogen-bond acceptors (Lipinski definition) is 2. The van der Waals surface area contributed by atoms with Crippen LogP contribution in [0.4, 0.5) is 0 Å². The van der Waals surface area contributed by atoms with Gasteiger partial charge in [0.25, 0.3) is 0 Å². The molecule has 1 heterocycles. The molecule has 1 fully saturated rings. The molecule has 2 rings (SSSR count). The van der Waals surface area contributed by atoms with E-state index in [2.05, 4.69) is 34.4 Å². The average molecular weight is 351 g/mol. The number of rotatable bonds is 4. The van der Waals surface area contributed by atoms with Gasteiger partial charge in [0.2, 0.25) is 0 Å². The van der Waals surface area contributed by atoms with Crippen LogP contribution in [0, 0.1) is 5.92 Å². The Morgan fingerprint density at radius 2 is 2.06 bits per heavy atom. The quantitative estimate of drug-likeness (QED) is 0.678. The largest absolute Gasteiger partial charge is 0.312 e. The van der Waals surface area contributed by atoms with E-state index in [1.165, 1.54) is 49.8 Å². The Labute approximate surface area is 127 Å². The summed E-state index contributed by atoms with van der Waals surface area (Å²) >= 11 is 11.4. The molecule has 0 aliphatic heterocycles. The van der Waals surface area contributed by atoms with Crippen LogP contribution >= 0.6 is 38.9 Å². The summed E-state index contributed by atoms with van der Waals surface area (Å²) in [7, 11) is 2.06. The van der Waals surface area contributed by atoms with E-state index in [1.807, 2.05) is 0 Å². The van der Waals surface area contributed by atoms with Gasteiger partial charge in [0.1, 0.15) is 0 Å². The molecular weight excluding hydrogens is 330 g/mol. The Kier molecular flexibility index (Phi) is 5.99. The topological polar surface area (TPSA) is 12.0 Å². The van der Waals surface area contributed by atoms with Crippen LogP contribution in [-0.4, -0.2) is 7.05 Å². The van der Waals surface area contributed by atoms with Gasteiger partial charge in [0, 0.05) is 10.9 Å². The Morgan fingerprint density at radius 3 is 2.56 bits per heavy atom. The Morgan fingerprint density at radius 1 is 1.39 bits per heavy atom. The van der Waals surface area contributed by atoms with Gasteiger partial charge in [0.15, 0.2) is 0 Å². The van der Waals surface area contributed by atoms with Gasteiger partial charge < -0.3 is 5.32 Å². The van der Waals surface area contributed by atoms with Crippen molar-refractivity contribution in [2.24, 2.45) is 5.92 Å². The number of thiophene rings is 1. The SMILES string of the molecule is CNC(CC1CCCCCC1)c1cc(Cl)c(Br)s1. The maximum atomic E-state index is 6.14. The second-order valence-corrected chi connectivity index (χ2v) is 8.01. The van der Waals surface area contributed by atoms with E-state index < -0.39 is 0 Å². The van der Waals surface area contributed by atoms with Crippen LogP contribution in [0.15, 0.2) is 9.85 Å². The highest BCUT2D eigenvalue weighted by atomic mass is 79.9. The molecule has 0 radical (unpaired) electrons. The molecule has 1 atom stereocenters. The molecule has 4 heteroatoms. The highest BCUT2D eigenvalue weighted by Gasteiger charge is 2.20. The van der Waals surface area contributed by atoms with Crippen molar-refractivity contribution in [3.8, 4) is 0 Å². The van der Waals surface area contributed by atoms with Gasteiger partial charge in [-0.3, -0.25) is 0 Å². The van der Waals surface area contributed by atoms with E-state index in [0.717, 1.165) is 14.7 Å². The van der Waals surface area contributed by atoms with Crippen LogP contribution in [0.5, 0.6) is 0 Å². The second-order valence-electron chi connectivity index (χ2n) is 5.20. The van der Waals surface area contributed by atoms with Crippen molar-refractivity contribution in [1.29, 1.82) is 0 Å². The summed E-state index contributed by atoms with van der Waals surface area (Å²) in [5.41, 5.74) is 0. The molecule has 1 unspecified atom stereocenters. The smallest absolute Gasteiger partial charge is 0.0887 e. The highest BCUT2D eigenvalue weighted by Crippen LogP contribution is 2.38. The van der Waals surface area contributed by atoms with Crippen molar-refractivity contribution >= 4 is 38.9 Å². The zero-order valence-corrected chi connectivity index (χ0v) is 14.0. The first-order valence-electron chi connectivity index (χ1n) is 6.82. The maximum absolute atomic E-state index is 6.14. The first-order chi connectivity index (χ1) is 8.70. The van der Waals surface area contributed by atoms with Crippen molar-refractivity contribution in [1.82, 2.24) is 5.32 Å². The standard InChI is InChI=1S/C14H21BrClNS/c1-17-12(13-9-11(16)14(15)18-13)8-10-6-4-2-3-5-7-10/h9-10,12,17H,2-8H2,1H3. The van der Waals surface area contributed by atoms with E-state index in [4.69, 9.17) is 11.6 Å². The van der Waals surface area contributed by atoms with Crippen LogP contribution in [0.3, 0.4) is 0 Å². The Balaban J connectivity index is 1.99. The van der Waals surface area contributed by atoms with Gasteiger partial charge in [-0.15, -0.1) is 11.3 Å². The summed E-state index contributed by atoms with van der Waals surface area (Å²) in [5.74, 6) is 0.879. The lowest BCUT2D eigenvalue weighted by atomic mass is 9.92. The summed E-state index contributed by atoms with van der Waals surface area (Å²) in [6.07, 6.45) is 9.73. The lowest BCUT2D eigenvalue weighted by Gasteiger charge is -2.21. The van der Waals surface area contributed by atoms with E-state index >= 15 is 0 Å². The van der Waals surface area contributed by atoms with Gasteiger partial charge in [-0.2, -0.15) is 0 Å². The molecule has 0 aromatic carbocycles. The Hall–Kier alpha value is 0.430. The third-order valence-corrected chi connectivity index (χ3v) is 6.49. The minimum Gasteiger partial charge on any atom is -0.312 e. The van der Waals surface area contributed by atoms with Crippen LogP contribution < -0.4 is 5.32 Å². The highest BCUT2D eigenvalue weighted by molar-refractivity contribution is 9.11. The van der Waals surface area contributed by atoms with Gasteiger partial charge >= 0.3 is 0 Å². The van der Waals surface area contributed by atoms with Gasteiger partial charge in [0.05, 0.1) is 8.81 Å². The van der Waals surface area contributed by atoms with Crippen molar-refractivity contribution in [3.63, 3.8) is 0 Å². The van der Waals surface area contributed by atoms with Gasteiger partial charge in [-0.1, -0.05) is 50.1 Å². The molecule has 0 bridgehead atoms. The molecule has 1 nitrogen and oxygen atoms in total. The average Bonchev–Trinajstić information content (AvgIpc) is 2.59. The zero-order chi connectivity index (χ0) is 13.0. The lowest BCUT2D eigenvalue weighted by molar-refractivity contribution is 0.371. The predicted octanol–water partition coefficient (Wildman–Crippen LogP) is 5.79. The van der Waals surface area contributed by atoms with Crippen LogP contribution in [-0.2, 0) is 0 Å². The fraction of sp³-hybridized carbons (Fsp3) is 0.714. The van der Waals surface area contributed by atoms with Gasteiger partial charge in [-0.25, -0.2) is 0 Å². The maximum Gasteiger partial charge on any atom is 0.0887 e. The lowest BCUT2D eigenvalue weighted by Crippen LogP contribution is -2.19. The molecule has 1 aromatic rings. The fourth-order valence-electron chi connectivity index (χ4n) is 2.84. The molecule has 102 valence electrons. The minimum absolute atomic E-state index is 0.460. The molecular formula is C14H21BrClNS. The van der Waals surface area contributed by atoms with Crippen LogP contribution in [0.25, 0.3) is 0 Å². The van der Waals surface area contributed by atoms with Crippen molar-refractivity contribution in [3.05, 3.63) is 19.8 Å². The predicted molar refractivity (Wildman–Crippen MR) is 84.6 cm³/mol. The summed E-state index contributed by atoms with van der Waals surface area (Å²) in [5, 5.41) is 4.30. The van der Waals surface area contributed by atoms with E-state index in [-0.39, 0.29) is 0 Å². The van der Waals surface area contributed by atoms with Crippen molar-refractivity contribution in [2.75, 3.05) is 7.05 Å². The molecule has 0 saturated heterocycles. The molecule has 18 heavy (non-hydrogen) atoms. The molecule has 0 spiro atoms. The summed E-state index contributed by atoms with van der Waals surface area (Å²) < 4.78 is 1.06. The monoisotopic (exact) mass is 349 g/mol. The molecule has 1 saturated carbocycles. The normalized spacial score (nSPS) is 19.7. The zero-order valence-electron chi connectivity index (χ0n) is 10.8. The molecule has 0 amide bonds. The van der Waals surface area contributed by atoms with E-state index in [1.54, 1.807) is 11.3 Å². The Bertz CT molecular complexity index is 352. The fourth-order valence-corrected chi connectivity index (χ4v) is 4.71. The molecule has 1 aliphatic rings. The second kappa shape index (κ2) is 7.28. The first kappa shape index (κ1) is 14.8. The van der Waals surface area contributed by atoms with Crippen LogP contribution in [0.1, 0.15) is 55.9 Å². The summed E-state index contributed by atoms with van der Waals surface area (Å²) in [4.78, 5) is 1.36. The number of halogens is 2. The van der Waals surface area contributed by atoms with Crippen LogP contribution in [0.2, 0.25) is 5.02 Å². The molecule has 1 aromatic heterocycles. The molecule has 1 aliphatic carbocycles. The first-order valence-corrected chi connectivity index (χ1v) is 8.81. The third kappa shape index (κ3) is 3.96. The third-order valence-electron chi connectivity index (χ3n) is 3.90. The van der Waals surface area contributed by atoms with Crippen molar-refractivity contribution < 1.29 is 0 Å². The minimum atomic E-state index is 0.460. The van der Waals surface area contributed by atoms with Crippen molar-refractivity contribution in [2.45, 2.75) is 51.0 Å². The van der Waals surface area contributed by atoms with E-state index in [0.29, 0.717) is 6.04 Å². The molecule has 1 N–H and O–H groups in total. The number of nitrogens with one attached hydrogen (secondary N) is 1. The number of hydrogen-bond donors (Lipinski definition) is 1.